The Kier molecular flexibility index (Phi) is 5.50. The summed E-state index contributed by atoms with van der Waals surface area (Å²) in [4.78, 5) is 23.5. The minimum atomic E-state index is -0.543. The topological polar surface area (TPSA) is 84.0 Å². The van der Waals surface area contributed by atoms with E-state index in [1.165, 1.54) is 30.0 Å². The maximum absolute atomic E-state index is 13.1. The van der Waals surface area contributed by atoms with Crippen LogP contribution in [0.1, 0.15) is 12.8 Å². The van der Waals surface area contributed by atoms with Gasteiger partial charge < -0.3 is 10.6 Å². The van der Waals surface area contributed by atoms with Crippen molar-refractivity contribution in [2.75, 3.05) is 16.4 Å². The van der Waals surface area contributed by atoms with Gasteiger partial charge in [-0.25, -0.2) is 4.39 Å². The van der Waals surface area contributed by atoms with Gasteiger partial charge in [-0.3, -0.25) is 9.59 Å². The number of hydrogen-bond donors (Lipinski definition) is 2. The molecule has 0 unspecified atom stereocenters. The van der Waals surface area contributed by atoms with Crippen LogP contribution in [0.25, 0.3) is 0 Å². The summed E-state index contributed by atoms with van der Waals surface area (Å²) >= 11 is 6.86. The number of rotatable bonds is 6. The first-order chi connectivity index (χ1) is 12.0. The zero-order valence-electron chi connectivity index (χ0n) is 13.0. The van der Waals surface area contributed by atoms with Crippen molar-refractivity contribution in [2.45, 2.75) is 17.9 Å². The molecule has 2 amide bonds. The molecule has 1 aromatic carbocycles. The SMILES string of the molecule is O=C(CSc1ccc(NC(=O)C2CC2)nn1)Nc1ccc(F)c(Cl)c1. The fourth-order valence-corrected chi connectivity index (χ4v) is 2.74. The Hall–Kier alpha value is -2.19. The van der Waals surface area contributed by atoms with Gasteiger partial charge in [0.1, 0.15) is 10.8 Å². The van der Waals surface area contributed by atoms with Crippen molar-refractivity contribution in [3.8, 4) is 0 Å². The van der Waals surface area contributed by atoms with Crippen LogP contribution in [0.5, 0.6) is 0 Å². The highest BCUT2D eigenvalue weighted by atomic mass is 35.5. The normalized spacial score (nSPS) is 13.4. The summed E-state index contributed by atoms with van der Waals surface area (Å²) in [5, 5.41) is 13.7. The highest BCUT2D eigenvalue weighted by Gasteiger charge is 2.29. The summed E-state index contributed by atoms with van der Waals surface area (Å²) in [5.41, 5.74) is 0.418. The van der Waals surface area contributed by atoms with E-state index in [4.69, 9.17) is 11.6 Å². The Bertz CT molecular complexity index is 799. The molecular formula is C16H14ClFN4O2S. The van der Waals surface area contributed by atoms with Crippen LogP contribution in [0.3, 0.4) is 0 Å². The molecule has 1 aromatic heterocycles. The van der Waals surface area contributed by atoms with Crippen LogP contribution in [0.4, 0.5) is 15.9 Å². The molecule has 9 heteroatoms. The lowest BCUT2D eigenvalue weighted by molar-refractivity contribution is -0.117. The van der Waals surface area contributed by atoms with Gasteiger partial charge in [0, 0.05) is 11.6 Å². The van der Waals surface area contributed by atoms with Gasteiger partial charge in [0.2, 0.25) is 11.8 Å². The van der Waals surface area contributed by atoms with E-state index >= 15 is 0 Å². The second-order valence-corrected chi connectivity index (χ2v) is 6.89. The number of amides is 2. The first-order valence-corrected chi connectivity index (χ1v) is 8.90. The molecular weight excluding hydrogens is 367 g/mol. The lowest BCUT2D eigenvalue weighted by atomic mass is 10.3. The van der Waals surface area contributed by atoms with Crippen molar-refractivity contribution < 1.29 is 14.0 Å². The minimum Gasteiger partial charge on any atom is -0.325 e. The van der Waals surface area contributed by atoms with Gasteiger partial charge in [-0.05, 0) is 43.2 Å². The fourth-order valence-electron chi connectivity index (χ4n) is 1.95. The lowest BCUT2D eigenvalue weighted by Gasteiger charge is -2.06. The Balaban J connectivity index is 1.48. The third kappa shape index (κ3) is 5.14. The molecule has 130 valence electrons. The second-order valence-electron chi connectivity index (χ2n) is 5.49. The van der Waals surface area contributed by atoms with Gasteiger partial charge >= 0.3 is 0 Å². The van der Waals surface area contributed by atoms with E-state index in [0.29, 0.717) is 16.5 Å². The predicted molar refractivity (Wildman–Crippen MR) is 94.1 cm³/mol. The molecule has 25 heavy (non-hydrogen) atoms. The van der Waals surface area contributed by atoms with Gasteiger partial charge in [0.15, 0.2) is 5.82 Å². The van der Waals surface area contributed by atoms with Crippen molar-refractivity contribution in [1.29, 1.82) is 0 Å². The van der Waals surface area contributed by atoms with E-state index in [9.17, 15) is 14.0 Å². The Morgan fingerprint density at radius 3 is 2.64 bits per heavy atom. The summed E-state index contributed by atoms with van der Waals surface area (Å²) < 4.78 is 13.1. The molecule has 1 aliphatic rings. The molecule has 6 nitrogen and oxygen atoms in total. The average molecular weight is 381 g/mol. The van der Waals surface area contributed by atoms with Crippen LogP contribution < -0.4 is 10.6 Å². The largest absolute Gasteiger partial charge is 0.325 e. The molecule has 3 rings (SSSR count). The molecule has 0 saturated heterocycles. The van der Waals surface area contributed by atoms with Crippen molar-refractivity contribution in [1.82, 2.24) is 10.2 Å². The third-order valence-corrected chi connectivity index (χ3v) is 4.60. The molecule has 0 aliphatic heterocycles. The summed E-state index contributed by atoms with van der Waals surface area (Å²) in [5.74, 6) is -0.255. The molecule has 1 aliphatic carbocycles. The number of thioether (sulfide) groups is 1. The summed E-state index contributed by atoms with van der Waals surface area (Å²) in [6.45, 7) is 0. The number of benzene rings is 1. The standard InChI is InChI=1S/C16H14ClFN4O2S/c17-11-7-10(3-4-12(11)18)19-14(23)8-25-15-6-5-13(21-22-15)20-16(24)9-1-2-9/h3-7,9H,1-2,8H2,(H,19,23)(H,20,21,24). The third-order valence-electron chi connectivity index (χ3n) is 3.39. The van der Waals surface area contributed by atoms with Crippen LogP contribution >= 0.6 is 23.4 Å². The smallest absolute Gasteiger partial charge is 0.234 e. The molecule has 1 saturated carbocycles. The molecule has 1 fully saturated rings. The number of nitrogens with one attached hydrogen (secondary N) is 2. The first kappa shape index (κ1) is 17.6. The number of carbonyl (C=O) groups is 2. The van der Waals surface area contributed by atoms with E-state index in [1.807, 2.05) is 0 Å². The number of carbonyl (C=O) groups excluding carboxylic acids is 2. The van der Waals surface area contributed by atoms with E-state index in [0.717, 1.165) is 12.8 Å². The molecule has 2 N–H and O–H groups in total. The van der Waals surface area contributed by atoms with Gasteiger partial charge in [0.25, 0.3) is 0 Å². The van der Waals surface area contributed by atoms with Gasteiger partial charge in [-0.2, -0.15) is 0 Å². The van der Waals surface area contributed by atoms with Crippen LogP contribution in [-0.2, 0) is 9.59 Å². The monoisotopic (exact) mass is 380 g/mol. The van der Waals surface area contributed by atoms with Gasteiger partial charge in [-0.1, -0.05) is 23.4 Å². The zero-order valence-corrected chi connectivity index (χ0v) is 14.5. The van der Waals surface area contributed by atoms with E-state index in [2.05, 4.69) is 20.8 Å². The molecule has 0 atom stereocenters. The number of nitrogens with zero attached hydrogens (tertiary/aromatic N) is 2. The minimum absolute atomic E-state index is 0.0351. The molecule has 0 radical (unpaired) electrons. The Morgan fingerprint density at radius 1 is 1.20 bits per heavy atom. The molecule has 0 spiro atoms. The van der Waals surface area contributed by atoms with Crippen molar-refractivity contribution >= 4 is 46.7 Å². The van der Waals surface area contributed by atoms with Crippen molar-refractivity contribution in [3.05, 3.63) is 41.2 Å². The zero-order chi connectivity index (χ0) is 17.8. The number of hydrogen-bond acceptors (Lipinski definition) is 5. The van der Waals surface area contributed by atoms with E-state index in [-0.39, 0.29) is 28.5 Å². The number of anilines is 2. The van der Waals surface area contributed by atoms with Crippen molar-refractivity contribution in [2.24, 2.45) is 5.92 Å². The molecule has 0 bridgehead atoms. The fraction of sp³-hybridized carbons (Fsp3) is 0.250. The quantitative estimate of drug-likeness (QED) is 0.751. The molecule has 2 aromatic rings. The molecule has 1 heterocycles. The van der Waals surface area contributed by atoms with Gasteiger partial charge in [-0.15, -0.1) is 10.2 Å². The summed E-state index contributed by atoms with van der Waals surface area (Å²) in [7, 11) is 0. The van der Waals surface area contributed by atoms with Crippen molar-refractivity contribution in [3.63, 3.8) is 0 Å². The van der Waals surface area contributed by atoms with E-state index in [1.54, 1.807) is 12.1 Å². The predicted octanol–water partition coefficient (Wildman–Crippen LogP) is 3.35. The Labute approximate surface area is 152 Å². The van der Waals surface area contributed by atoms with Gasteiger partial charge in [0.05, 0.1) is 10.8 Å². The average Bonchev–Trinajstić information content (AvgIpc) is 3.43. The van der Waals surface area contributed by atoms with Crippen LogP contribution in [0, 0.1) is 11.7 Å². The first-order valence-electron chi connectivity index (χ1n) is 7.53. The van der Waals surface area contributed by atoms with Crippen LogP contribution in [-0.4, -0.2) is 27.8 Å². The number of aromatic nitrogens is 2. The maximum atomic E-state index is 13.1. The number of halogens is 2. The van der Waals surface area contributed by atoms with Crippen LogP contribution in [0.2, 0.25) is 5.02 Å². The second kappa shape index (κ2) is 7.79. The summed E-state index contributed by atoms with van der Waals surface area (Å²) in [6.07, 6.45) is 1.84. The van der Waals surface area contributed by atoms with Crippen LogP contribution in [0.15, 0.2) is 35.4 Å². The maximum Gasteiger partial charge on any atom is 0.234 e. The highest BCUT2D eigenvalue weighted by Crippen LogP contribution is 2.30. The van der Waals surface area contributed by atoms with E-state index < -0.39 is 5.82 Å². The lowest BCUT2D eigenvalue weighted by Crippen LogP contribution is -2.15. The summed E-state index contributed by atoms with van der Waals surface area (Å²) in [6, 6.07) is 7.29. The highest BCUT2D eigenvalue weighted by molar-refractivity contribution is 7.99. The Morgan fingerprint density at radius 2 is 2.00 bits per heavy atom.